The number of rotatable bonds is 3. The minimum atomic E-state index is -0.401. The minimum absolute atomic E-state index is 0.110. The maximum atomic E-state index is 11.6. The lowest BCUT2D eigenvalue weighted by Gasteiger charge is -2.22. The van der Waals surface area contributed by atoms with Crippen molar-refractivity contribution in [1.29, 1.82) is 0 Å². The highest BCUT2D eigenvalue weighted by molar-refractivity contribution is 5.76. The summed E-state index contributed by atoms with van der Waals surface area (Å²) in [7, 11) is 0. The van der Waals surface area contributed by atoms with Gasteiger partial charge in [0.05, 0.1) is 12.7 Å². The summed E-state index contributed by atoms with van der Waals surface area (Å²) in [5.74, 6) is 0.0125. The quantitative estimate of drug-likeness (QED) is 0.675. The lowest BCUT2D eigenvalue weighted by atomic mass is 9.85. The maximum Gasteiger partial charge on any atom is 0.323 e. The lowest BCUT2D eigenvalue weighted by Crippen LogP contribution is -2.38. The van der Waals surface area contributed by atoms with Crippen molar-refractivity contribution >= 4 is 5.97 Å². The Morgan fingerprint density at radius 3 is 2.53 bits per heavy atom. The molecule has 0 radical (unpaired) electrons. The summed E-state index contributed by atoms with van der Waals surface area (Å²) in [5, 5.41) is 12.8. The topological polar surface area (TPSA) is 58.6 Å². The number of aliphatic hydroxyl groups excluding tert-OH is 1. The Kier molecular flexibility index (Phi) is 4.11. The highest BCUT2D eigenvalue weighted by Crippen LogP contribution is 2.30. The van der Waals surface area contributed by atoms with E-state index >= 15 is 0 Å². The molecule has 4 heteroatoms. The summed E-state index contributed by atoms with van der Waals surface area (Å²) in [5.41, 5.74) is 0. The number of hydrogen-bond donors (Lipinski definition) is 2. The second-order valence-corrected chi connectivity index (χ2v) is 4.36. The molecule has 0 bridgehead atoms. The molecule has 0 unspecified atom stereocenters. The number of esters is 1. The first-order valence-corrected chi connectivity index (χ1v) is 5.59. The van der Waals surface area contributed by atoms with Gasteiger partial charge < -0.3 is 15.2 Å². The third-order valence-electron chi connectivity index (χ3n) is 3.25. The predicted molar refractivity (Wildman–Crippen MR) is 57.4 cm³/mol. The molecule has 0 aromatic rings. The number of nitrogens with one attached hydrogen (secondary N) is 1. The van der Waals surface area contributed by atoms with Gasteiger partial charge in [-0.15, -0.1) is 0 Å². The van der Waals surface area contributed by atoms with Crippen LogP contribution < -0.4 is 5.32 Å². The molecule has 4 nitrogen and oxygen atoms in total. The maximum absolute atomic E-state index is 11.6. The molecule has 1 aliphatic rings. The Balaban J connectivity index is 2.68. The first-order chi connectivity index (χ1) is 6.99. The first-order valence-electron chi connectivity index (χ1n) is 5.59. The Bertz CT molecular complexity index is 230. The molecule has 0 spiro atoms. The van der Waals surface area contributed by atoms with Gasteiger partial charge in [-0.1, -0.05) is 6.92 Å². The highest BCUT2D eigenvalue weighted by atomic mass is 16.5. The van der Waals surface area contributed by atoms with Gasteiger partial charge in [0, 0.05) is 12.0 Å². The van der Waals surface area contributed by atoms with E-state index in [1.54, 1.807) is 13.8 Å². The Hall–Kier alpha value is -0.610. The van der Waals surface area contributed by atoms with Crippen molar-refractivity contribution in [3.63, 3.8) is 0 Å². The van der Waals surface area contributed by atoms with Crippen LogP contribution >= 0.6 is 0 Å². The van der Waals surface area contributed by atoms with Crippen LogP contribution in [0.25, 0.3) is 0 Å². The van der Waals surface area contributed by atoms with E-state index in [9.17, 15) is 9.90 Å². The molecule has 1 fully saturated rings. The third-order valence-corrected chi connectivity index (χ3v) is 3.25. The second kappa shape index (κ2) is 4.94. The van der Waals surface area contributed by atoms with Crippen LogP contribution in [0.5, 0.6) is 0 Å². The normalized spacial score (nSPS) is 37.7. The average Bonchev–Trinajstić information content (AvgIpc) is 2.42. The zero-order valence-electron chi connectivity index (χ0n) is 9.86. The van der Waals surface area contributed by atoms with Crippen LogP contribution in [0.1, 0.15) is 27.7 Å². The molecule has 1 heterocycles. The van der Waals surface area contributed by atoms with Crippen LogP contribution in [-0.4, -0.2) is 35.9 Å². The molecule has 5 atom stereocenters. The van der Waals surface area contributed by atoms with E-state index in [0.717, 1.165) is 0 Å². The lowest BCUT2D eigenvalue weighted by molar-refractivity contribution is -0.146. The molecule has 15 heavy (non-hydrogen) atoms. The fourth-order valence-corrected chi connectivity index (χ4v) is 2.60. The summed E-state index contributed by atoms with van der Waals surface area (Å²) in [4.78, 5) is 11.6. The molecule has 0 amide bonds. The van der Waals surface area contributed by atoms with E-state index in [0.29, 0.717) is 6.61 Å². The molecule has 1 rings (SSSR count). The number of aliphatic hydroxyl groups is 1. The molecule has 1 saturated heterocycles. The van der Waals surface area contributed by atoms with Crippen LogP contribution in [0.4, 0.5) is 0 Å². The number of carbonyl (C=O) groups excluding carboxylic acids is 1. The molecule has 88 valence electrons. The largest absolute Gasteiger partial charge is 0.465 e. The van der Waals surface area contributed by atoms with Crippen molar-refractivity contribution in [2.24, 2.45) is 11.8 Å². The monoisotopic (exact) mass is 215 g/mol. The van der Waals surface area contributed by atoms with Crippen LogP contribution in [-0.2, 0) is 9.53 Å². The molecule has 0 saturated carbocycles. The molecule has 1 aliphatic heterocycles. The van der Waals surface area contributed by atoms with Crippen LogP contribution in [0.15, 0.2) is 0 Å². The fourth-order valence-electron chi connectivity index (χ4n) is 2.60. The van der Waals surface area contributed by atoms with Gasteiger partial charge in [0.2, 0.25) is 0 Å². The molecule has 0 aromatic heterocycles. The van der Waals surface area contributed by atoms with Gasteiger partial charge in [-0.2, -0.15) is 0 Å². The van der Waals surface area contributed by atoms with Gasteiger partial charge in [0.25, 0.3) is 0 Å². The molecule has 2 N–H and O–H groups in total. The summed E-state index contributed by atoms with van der Waals surface area (Å²) in [6.45, 7) is 7.94. The predicted octanol–water partition coefficient (Wildman–Crippen LogP) is 0.543. The molecular formula is C11H21NO3. The van der Waals surface area contributed by atoms with E-state index in [1.807, 2.05) is 13.8 Å². The summed E-state index contributed by atoms with van der Waals surface area (Å²) < 4.78 is 4.99. The van der Waals surface area contributed by atoms with Gasteiger partial charge in [-0.25, -0.2) is 0 Å². The zero-order valence-corrected chi connectivity index (χ0v) is 9.86. The zero-order chi connectivity index (χ0) is 11.6. The van der Waals surface area contributed by atoms with Gasteiger partial charge >= 0.3 is 5.97 Å². The Morgan fingerprint density at radius 2 is 2.13 bits per heavy atom. The van der Waals surface area contributed by atoms with Crippen molar-refractivity contribution in [3.05, 3.63) is 0 Å². The van der Waals surface area contributed by atoms with E-state index in [2.05, 4.69) is 5.32 Å². The third kappa shape index (κ3) is 2.49. The van der Waals surface area contributed by atoms with Crippen molar-refractivity contribution < 1.29 is 14.6 Å². The standard InChI is InChI=1S/C11H21NO3/c1-5-15-11(14)10-6(2)9(8(4)13)7(3)12-10/h6-10,12-13H,5H2,1-4H3/t6-,7+,8+,9-,10-/m0/s1. The minimum Gasteiger partial charge on any atom is -0.465 e. The van der Waals surface area contributed by atoms with Crippen molar-refractivity contribution in [2.75, 3.05) is 6.61 Å². The van der Waals surface area contributed by atoms with Crippen LogP contribution in [0.2, 0.25) is 0 Å². The van der Waals surface area contributed by atoms with Gasteiger partial charge in [0.1, 0.15) is 6.04 Å². The van der Waals surface area contributed by atoms with Crippen molar-refractivity contribution in [1.82, 2.24) is 5.32 Å². The SMILES string of the molecule is CCOC(=O)[C@H]1N[C@H](C)[C@@H]([C@@H](C)O)[C@@H]1C. The van der Waals surface area contributed by atoms with E-state index in [4.69, 9.17) is 4.74 Å². The molecular weight excluding hydrogens is 194 g/mol. The first kappa shape index (κ1) is 12.5. The van der Waals surface area contributed by atoms with Crippen molar-refractivity contribution in [3.8, 4) is 0 Å². The Morgan fingerprint density at radius 1 is 1.53 bits per heavy atom. The van der Waals surface area contributed by atoms with E-state index < -0.39 is 6.10 Å². The summed E-state index contributed by atoms with van der Waals surface area (Å²) in [6.07, 6.45) is -0.401. The Labute approximate surface area is 91.0 Å². The van der Waals surface area contributed by atoms with Gasteiger partial charge in [0.15, 0.2) is 0 Å². The second-order valence-electron chi connectivity index (χ2n) is 4.36. The fraction of sp³-hybridized carbons (Fsp3) is 0.909. The van der Waals surface area contributed by atoms with Crippen molar-refractivity contribution in [2.45, 2.75) is 45.9 Å². The van der Waals surface area contributed by atoms with Gasteiger partial charge in [-0.3, -0.25) is 4.79 Å². The van der Waals surface area contributed by atoms with Crippen LogP contribution in [0, 0.1) is 11.8 Å². The molecule has 0 aliphatic carbocycles. The number of carbonyl (C=O) groups is 1. The summed E-state index contributed by atoms with van der Waals surface area (Å²) in [6, 6.07) is -0.131. The van der Waals surface area contributed by atoms with E-state index in [-0.39, 0.29) is 29.9 Å². The molecule has 0 aromatic carbocycles. The highest BCUT2D eigenvalue weighted by Gasteiger charge is 2.44. The smallest absolute Gasteiger partial charge is 0.323 e. The number of hydrogen-bond acceptors (Lipinski definition) is 4. The van der Waals surface area contributed by atoms with E-state index in [1.165, 1.54) is 0 Å². The van der Waals surface area contributed by atoms with Gasteiger partial charge in [-0.05, 0) is 26.7 Å². The average molecular weight is 215 g/mol. The number of ether oxygens (including phenoxy) is 1. The van der Waals surface area contributed by atoms with Crippen LogP contribution in [0.3, 0.4) is 0 Å². The summed E-state index contributed by atoms with van der Waals surface area (Å²) >= 11 is 0.